The van der Waals surface area contributed by atoms with Crippen molar-refractivity contribution in [2.75, 3.05) is 0 Å². The van der Waals surface area contributed by atoms with E-state index in [9.17, 15) is 10.2 Å². The Bertz CT molecular complexity index is 807. The molecule has 2 heteroatoms. The highest BCUT2D eigenvalue weighted by Gasteiger charge is 2.56. The van der Waals surface area contributed by atoms with Crippen LogP contribution < -0.4 is 0 Å². The lowest BCUT2D eigenvalue weighted by atomic mass is 9.50. The molecule has 0 spiro atoms. The van der Waals surface area contributed by atoms with Crippen LogP contribution in [0.2, 0.25) is 0 Å². The first-order valence-corrected chi connectivity index (χ1v) is 10.2. The molecule has 2 aromatic rings. The molecule has 0 aromatic heterocycles. The summed E-state index contributed by atoms with van der Waals surface area (Å²) >= 11 is 0. The van der Waals surface area contributed by atoms with Crippen molar-refractivity contribution >= 4 is 0 Å². The highest BCUT2D eigenvalue weighted by atomic mass is 16.3. The second-order valence-electron chi connectivity index (χ2n) is 8.82. The standard InChI is InChI=1S/C25H26O2/c26-24(20-7-3-1-4-8-20,21-9-5-2-6-10-21)11-12-25(27)22-14-18-13-19(16-22)17-23(25)15-18/h1-10,18-19,22-23,26-27H,13-17H2. The Morgan fingerprint density at radius 3 is 1.63 bits per heavy atom. The highest BCUT2D eigenvalue weighted by Crippen LogP contribution is 2.58. The summed E-state index contributed by atoms with van der Waals surface area (Å²) < 4.78 is 0. The summed E-state index contributed by atoms with van der Waals surface area (Å²) in [5.74, 6) is 8.46. The number of rotatable bonds is 2. The van der Waals surface area contributed by atoms with E-state index in [1.165, 1.54) is 6.42 Å². The SMILES string of the molecule is OC(C#CC1(O)C2CC3CC(C2)CC1C3)(c1ccccc1)c1ccccc1. The fourth-order valence-corrected chi connectivity index (χ4v) is 5.97. The Morgan fingerprint density at radius 2 is 1.19 bits per heavy atom. The van der Waals surface area contributed by atoms with Gasteiger partial charge in [-0.2, -0.15) is 0 Å². The van der Waals surface area contributed by atoms with Crippen molar-refractivity contribution in [2.24, 2.45) is 23.7 Å². The Balaban J connectivity index is 1.58. The summed E-state index contributed by atoms with van der Waals surface area (Å²) in [5, 5.41) is 23.2. The van der Waals surface area contributed by atoms with Crippen LogP contribution in [0.1, 0.15) is 43.2 Å². The van der Waals surface area contributed by atoms with Crippen LogP contribution in [0.4, 0.5) is 0 Å². The molecular formula is C25H26O2. The van der Waals surface area contributed by atoms with Gasteiger partial charge < -0.3 is 10.2 Å². The molecule has 0 atom stereocenters. The van der Waals surface area contributed by atoms with E-state index in [1.807, 2.05) is 60.7 Å². The Morgan fingerprint density at radius 1 is 0.741 bits per heavy atom. The van der Waals surface area contributed by atoms with Gasteiger partial charge in [0.25, 0.3) is 0 Å². The second kappa shape index (κ2) is 6.23. The van der Waals surface area contributed by atoms with Crippen LogP contribution in [-0.2, 0) is 5.60 Å². The summed E-state index contributed by atoms with van der Waals surface area (Å²) in [6.45, 7) is 0. The lowest BCUT2D eigenvalue weighted by Gasteiger charge is -2.57. The number of aliphatic hydroxyl groups is 2. The lowest BCUT2D eigenvalue weighted by molar-refractivity contribution is -0.137. The predicted octanol–water partition coefficient (Wildman–Crippen LogP) is 4.11. The first-order valence-electron chi connectivity index (χ1n) is 10.2. The molecule has 138 valence electrons. The predicted molar refractivity (Wildman–Crippen MR) is 106 cm³/mol. The number of hydrogen-bond acceptors (Lipinski definition) is 2. The van der Waals surface area contributed by atoms with Gasteiger partial charge in [0.2, 0.25) is 0 Å². The van der Waals surface area contributed by atoms with Gasteiger partial charge in [0.1, 0.15) is 5.60 Å². The first kappa shape index (κ1) is 17.0. The van der Waals surface area contributed by atoms with Crippen LogP contribution in [0, 0.1) is 35.5 Å². The zero-order valence-corrected chi connectivity index (χ0v) is 15.5. The lowest BCUT2D eigenvalue weighted by Crippen LogP contribution is -2.57. The number of hydrogen-bond donors (Lipinski definition) is 2. The molecule has 0 aliphatic heterocycles. The van der Waals surface area contributed by atoms with E-state index in [4.69, 9.17) is 0 Å². The molecule has 2 aromatic carbocycles. The Kier molecular flexibility index (Phi) is 3.93. The maximum absolute atomic E-state index is 11.6. The molecule has 4 saturated carbocycles. The molecule has 4 aliphatic carbocycles. The van der Waals surface area contributed by atoms with Crippen LogP contribution in [0.15, 0.2) is 60.7 Å². The van der Waals surface area contributed by atoms with Gasteiger partial charge in [-0.3, -0.25) is 0 Å². The fourth-order valence-electron chi connectivity index (χ4n) is 5.97. The van der Waals surface area contributed by atoms with E-state index in [2.05, 4.69) is 11.8 Å². The molecular weight excluding hydrogens is 332 g/mol. The molecule has 0 saturated heterocycles. The van der Waals surface area contributed by atoms with E-state index < -0.39 is 11.2 Å². The van der Waals surface area contributed by atoms with E-state index in [0.29, 0.717) is 0 Å². The van der Waals surface area contributed by atoms with Gasteiger partial charge >= 0.3 is 0 Å². The monoisotopic (exact) mass is 358 g/mol. The zero-order chi connectivity index (χ0) is 18.5. The third-order valence-electron chi connectivity index (χ3n) is 7.21. The maximum atomic E-state index is 11.6. The molecule has 0 heterocycles. The normalized spacial score (nSPS) is 34.1. The van der Waals surface area contributed by atoms with Gasteiger partial charge in [0.15, 0.2) is 5.60 Å². The summed E-state index contributed by atoms with van der Waals surface area (Å²) in [7, 11) is 0. The quantitative estimate of drug-likeness (QED) is 0.793. The third kappa shape index (κ3) is 2.73. The topological polar surface area (TPSA) is 40.5 Å². The van der Waals surface area contributed by atoms with Gasteiger partial charge in [0, 0.05) is 11.1 Å². The summed E-state index contributed by atoms with van der Waals surface area (Å²) in [6.07, 6.45) is 5.70. The van der Waals surface area contributed by atoms with Crippen molar-refractivity contribution in [3.05, 3.63) is 71.8 Å². The van der Waals surface area contributed by atoms with Crippen LogP contribution in [-0.4, -0.2) is 15.8 Å². The molecule has 27 heavy (non-hydrogen) atoms. The van der Waals surface area contributed by atoms with Gasteiger partial charge in [0.05, 0.1) is 0 Å². The van der Waals surface area contributed by atoms with Crippen molar-refractivity contribution in [2.45, 2.75) is 43.3 Å². The van der Waals surface area contributed by atoms with Crippen LogP contribution in [0.3, 0.4) is 0 Å². The zero-order valence-electron chi connectivity index (χ0n) is 15.5. The minimum absolute atomic E-state index is 0.261. The van der Waals surface area contributed by atoms with Crippen molar-refractivity contribution < 1.29 is 10.2 Å². The van der Waals surface area contributed by atoms with Crippen LogP contribution in [0.25, 0.3) is 0 Å². The third-order valence-corrected chi connectivity index (χ3v) is 7.21. The average molecular weight is 358 g/mol. The molecule has 0 amide bonds. The minimum atomic E-state index is -1.41. The molecule has 0 radical (unpaired) electrons. The molecule has 4 fully saturated rings. The largest absolute Gasteiger partial charge is 0.377 e. The Hall–Kier alpha value is -2.08. The van der Waals surface area contributed by atoms with Crippen LogP contribution >= 0.6 is 0 Å². The van der Waals surface area contributed by atoms with E-state index in [-0.39, 0.29) is 11.8 Å². The van der Waals surface area contributed by atoms with Crippen molar-refractivity contribution in [1.29, 1.82) is 0 Å². The summed E-state index contributed by atoms with van der Waals surface area (Å²) in [6, 6.07) is 19.2. The maximum Gasteiger partial charge on any atom is 0.176 e. The smallest absolute Gasteiger partial charge is 0.176 e. The molecule has 6 rings (SSSR count). The molecule has 2 N–H and O–H groups in total. The molecule has 4 aliphatic rings. The van der Waals surface area contributed by atoms with Gasteiger partial charge in [-0.15, -0.1) is 0 Å². The van der Waals surface area contributed by atoms with Gasteiger partial charge in [-0.1, -0.05) is 72.5 Å². The Labute approximate surface area is 161 Å². The summed E-state index contributed by atoms with van der Waals surface area (Å²) in [5.41, 5.74) is -0.870. The van der Waals surface area contributed by atoms with Gasteiger partial charge in [-0.25, -0.2) is 0 Å². The van der Waals surface area contributed by atoms with Gasteiger partial charge in [-0.05, 0) is 55.8 Å². The van der Waals surface area contributed by atoms with Crippen molar-refractivity contribution in [3.63, 3.8) is 0 Å². The van der Waals surface area contributed by atoms with E-state index in [1.54, 1.807) is 0 Å². The average Bonchev–Trinajstić information content (AvgIpc) is 2.71. The second-order valence-corrected chi connectivity index (χ2v) is 8.82. The number of benzene rings is 2. The summed E-state index contributed by atoms with van der Waals surface area (Å²) in [4.78, 5) is 0. The van der Waals surface area contributed by atoms with E-state index in [0.717, 1.165) is 48.6 Å². The first-order chi connectivity index (χ1) is 13.1. The van der Waals surface area contributed by atoms with Crippen molar-refractivity contribution in [1.82, 2.24) is 0 Å². The fraction of sp³-hybridized carbons (Fsp3) is 0.440. The molecule has 2 nitrogen and oxygen atoms in total. The van der Waals surface area contributed by atoms with E-state index >= 15 is 0 Å². The van der Waals surface area contributed by atoms with Crippen molar-refractivity contribution in [3.8, 4) is 11.8 Å². The molecule has 0 unspecified atom stereocenters. The van der Waals surface area contributed by atoms with Crippen LogP contribution in [0.5, 0.6) is 0 Å². The molecule has 4 bridgehead atoms. The highest BCUT2D eigenvalue weighted by molar-refractivity contribution is 5.45. The minimum Gasteiger partial charge on any atom is -0.377 e.